The molecule has 100 valence electrons. The third-order valence-electron chi connectivity index (χ3n) is 3.00. The highest BCUT2D eigenvalue weighted by molar-refractivity contribution is 6.04. The molecule has 0 fully saturated rings. The second-order valence-corrected chi connectivity index (χ2v) is 4.47. The monoisotopic (exact) mass is 267 g/mol. The second kappa shape index (κ2) is 5.09. The van der Waals surface area contributed by atoms with Crippen molar-refractivity contribution in [1.82, 2.24) is 0 Å². The molecule has 1 aliphatic heterocycles. The third kappa shape index (κ3) is 2.49. The second-order valence-electron chi connectivity index (χ2n) is 4.47. The van der Waals surface area contributed by atoms with E-state index in [0.717, 1.165) is 11.4 Å². The van der Waals surface area contributed by atoms with Crippen molar-refractivity contribution in [3.63, 3.8) is 0 Å². The predicted octanol–water partition coefficient (Wildman–Crippen LogP) is 3.27. The van der Waals surface area contributed by atoms with Gasteiger partial charge in [0.2, 0.25) is 0 Å². The van der Waals surface area contributed by atoms with E-state index in [-0.39, 0.29) is 18.2 Å². The van der Waals surface area contributed by atoms with Crippen LogP contribution in [0, 0.1) is 0 Å². The van der Waals surface area contributed by atoms with E-state index in [9.17, 15) is 9.90 Å². The average molecular weight is 267 g/mol. The molecule has 0 aromatic heterocycles. The van der Waals surface area contributed by atoms with Crippen LogP contribution < -0.4 is 9.64 Å². The van der Waals surface area contributed by atoms with Gasteiger partial charge in [0, 0.05) is 11.8 Å². The average Bonchev–Trinajstić information content (AvgIpc) is 2.80. The zero-order chi connectivity index (χ0) is 13.9. The molecule has 0 radical (unpaired) electrons. The Labute approximate surface area is 116 Å². The van der Waals surface area contributed by atoms with Crippen molar-refractivity contribution in [2.75, 3.05) is 11.4 Å². The number of benzene rings is 2. The van der Waals surface area contributed by atoms with Crippen LogP contribution in [0.25, 0.3) is 0 Å². The molecule has 0 unspecified atom stereocenters. The summed E-state index contributed by atoms with van der Waals surface area (Å²) >= 11 is 0. The quantitative estimate of drug-likeness (QED) is 0.928. The zero-order valence-corrected chi connectivity index (χ0v) is 10.7. The first-order chi connectivity index (χ1) is 9.72. The standard InChI is InChI=1S/C16H13NO3/c18-13-10-16(19)17(11-13)12-6-8-15(9-7-12)20-14-4-2-1-3-5-14/h1-10,18H,11H2. The maximum Gasteiger partial charge on any atom is 0.254 e. The minimum Gasteiger partial charge on any atom is -0.510 e. The molecule has 4 nitrogen and oxygen atoms in total. The first-order valence-corrected chi connectivity index (χ1v) is 6.26. The van der Waals surface area contributed by atoms with Crippen LogP contribution in [-0.2, 0) is 4.79 Å². The lowest BCUT2D eigenvalue weighted by molar-refractivity contribution is -0.113. The number of hydrogen-bond donors (Lipinski definition) is 1. The van der Waals surface area contributed by atoms with Gasteiger partial charge in [-0.15, -0.1) is 0 Å². The summed E-state index contributed by atoms with van der Waals surface area (Å²) in [5.41, 5.74) is 0.732. The van der Waals surface area contributed by atoms with Gasteiger partial charge in [-0.3, -0.25) is 4.79 Å². The number of rotatable bonds is 3. The Morgan fingerprint density at radius 1 is 0.950 bits per heavy atom. The molecule has 1 heterocycles. The highest BCUT2D eigenvalue weighted by Crippen LogP contribution is 2.26. The molecule has 20 heavy (non-hydrogen) atoms. The first-order valence-electron chi connectivity index (χ1n) is 6.26. The Balaban J connectivity index is 1.74. The molecule has 0 aliphatic carbocycles. The van der Waals surface area contributed by atoms with E-state index in [2.05, 4.69) is 0 Å². The topological polar surface area (TPSA) is 49.8 Å². The normalized spacial score (nSPS) is 14.3. The van der Waals surface area contributed by atoms with Crippen LogP contribution in [-0.4, -0.2) is 17.6 Å². The van der Waals surface area contributed by atoms with Crippen LogP contribution >= 0.6 is 0 Å². The minimum absolute atomic E-state index is 0.0830. The number of amides is 1. The maximum absolute atomic E-state index is 11.6. The van der Waals surface area contributed by atoms with E-state index < -0.39 is 0 Å². The van der Waals surface area contributed by atoms with Gasteiger partial charge in [-0.2, -0.15) is 0 Å². The molecule has 3 rings (SSSR count). The largest absolute Gasteiger partial charge is 0.510 e. The molecule has 0 spiro atoms. The highest BCUT2D eigenvalue weighted by Gasteiger charge is 2.22. The number of nitrogens with zero attached hydrogens (tertiary/aromatic N) is 1. The van der Waals surface area contributed by atoms with Crippen molar-refractivity contribution in [2.45, 2.75) is 0 Å². The van der Waals surface area contributed by atoms with Gasteiger partial charge >= 0.3 is 0 Å². The SMILES string of the molecule is O=C1C=C(O)CN1c1ccc(Oc2ccccc2)cc1. The van der Waals surface area contributed by atoms with E-state index in [1.807, 2.05) is 30.3 Å². The molecular weight excluding hydrogens is 254 g/mol. The Morgan fingerprint density at radius 2 is 1.60 bits per heavy atom. The van der Waals surface area contributed by atoms with E-state index >= 15 is 0 Å². The van der Waals surface area contributed by atoms with Gasteiger partial charge in [0.15, 0.2) is 0 Å². The van der Waals surface area contributed by atoms with E-state index in [0.29, 0.717) is 5.75 Å². The van der Waals surface area contributed by atoms with Crippen LogP contribution in [0.15, 0.2) is 66.4 Å². The Kier molecular flexibility index (Phi) is 3.13. The number of aliphatic hydroxyl groups is 1. The summed E-state index contributed by atoms with van der Waals surface area (Å²) in [5.74, 6) is 1.33. The first kappa shape index (κ1) is 12.3. The molecule has 2 aromatic rings. The number of aliphatic hydroxyl groups excluding tert-OH is 1. The van der Waals surface area contributed by atoms with Crippen molar-refractivity contribution in [2.24, 2.45) is 0 Å². The van der Waals surface area contributed by atoms with Crippen molar-refractivity contribution in [3.8, 4) is 11.5 Å². The van der Waals surface area contributed by atoms with Gasteiger partial charge in [0.1, 0.15) is 17.3 Å². The summed E-state index contributed by atoms with van der Waals surface area (Å²) in [6.45, 7) is 0.220. The summed E-state index contributed by atoms with van der Waals surface area (Å²) < 4.78 is 5.68. The number of carbonyl (C=O) groups excluding carboxylic acids is 1. The van der Waals surface area contributed by atoms with Crippen LogP contribution in [0.2, 0.25) is 0 Å². The van der Waals surface area contributed by atoms with Crippen LogP contribution in [0.1, 0.15) is 0 Å². The maximum atomic E-state index is 11.6. The fourth-order valence-corrected chi connectivity index (χ4v) is 2.04. The van der Waals surface area contributed by atoms with E-state index in [1.165, 1.54) is 11.0 Å². The van der Waals surface area contributed by atoms with E-state index in [1.54, 1.807) is 24.3 Å². The number of para-hydroxylation sites is 1. The number of ether oxygens (including phenoxy) is 1. The summed E-state index contributed by atoms with van der Waals surface area (Å²) in [5, 5.41) is 9.35. The highest BCUT2D eigenvalue weighted by atomic mass is 16.5. The lowest BCUT2D eigenvalue weighted by Crippen LogP contribution is -2.25. The summed E-state index contributed by atoms with van der Waals surface area (Å²) in [6, 6.07) is 16.7. The van der Waals surface area contributed by atoms with Gasteiger partial charge in [-0.1, -0.05) is 18.2 Å². The zero-order valence-electron chi connectivity index (χ0n) is 10.7. The Bertz CT molecular complexity index is 647. The van der Waals surface area contributed by atoms with Crippen LogP contribution in [0.3, 0.4) is 0 Å². The molecule has 1 aliphatic rings. The molecule has 0 saturated heterocycles. The molecule has 1 N–H and O–H groups in total. The third-order valence-corrected chi connectivity index (χ3v) is 3.00. The molecule has 4 heteroatoms. The number of hydrogen-bond acceptors (Lipinski definition) is 3. The van der Waals surface area contributed by atoms with Gasteiger partial charge in [0.25, 0.3) is 5.91 Å². The summed E-state index contributed by atoms with van der Waals surface area (Å²) in [6.07, 6.45) is 1.23. The molecule has 0 bridgehead atoms. The molecule has 1 amide bonds. The van der Waals surface area contributed by atoms with Crippen molar-refractivity contribution >= 4 is 11.6 Å². The van der Waals surface area contributed by atoms with E-state index in [4.69, 9.17) is 4.74 Å². The number of carbonyl (C=O) groups is 1. The fourth-order valence-electron chi connectivity index (χ4n) is 2.04. The van der Waals surface area contributed by atoms with Gasteiger partial charge in [-0.25, -0.2) is 0 Å². The lowest BCUT2D eigenvalue weighted by atomic mass is 10.2. The van der Waals surface area contributed by atoms with Crippen LogP contribution in [0.5, 0.6) is 11.5 Å². The summed E-state index contributed by atoms with van der Waals surface area (Å²) in [4.78, 5) is 13.1. The van der Waals surface area contributed by atoms with Crippen molar-refractivity contribution in [3.05, 3.63) is 66.4 Å². The van der Waals surface area contributed by atoms with Gasteiger partial charge in [0.05, 0.1) is 6.54 Å². The van der Waals surface area contributed by atoms with Gasteiger partial charge in [-0.05, 0) is 36.4 Å². The smallest absolute Gasteiger partial charge is 0.254 e. The molecular formula is C16H13NO3. The lowest BCUT2D eigenvalue weighted by Gasteiger charge is -2.16. The fraction of sp³-hybridized carbons (Fsp3) is 0.0625. The molecule has 0 atom stereocenters. The molecule has 0 saturated carbocycles. The Morgan fingerprint density at radius 3 is 2.20 bits per heavy atom. The minimum atomic E-state index is -0.209. The predicted molar refractivity (Wildman–Crippen MR) is 76.0 cm³/mol. The molecule has 2 aromatic carbocycles. The van der Waals surface area contributed by atoms with Crippen molar-refractivity contribution in [1.29, 1.82) is 0 Å². The van der Waals surface area contributed by atoms with Gasteiger partial charge < -0.3 is 14.7 Å². The number of anilines is 1. The summed E-state index contributed by atoms with van der Waals surface area (Å²) in [7, 11) is 0. The van der Waals surface area contributed by atoms with Crippen molar-refractivity contribution < 1.29 is 14.6 Å². The van der Waals surface area contributed by atoms with Crippen LogP contribution in [0.4, 0.5) is 5.69 Å². The Hall–Kier alpha value is -2.75.